The smallest absolute Gasteiger partial charge is 0.418 e. The maximum absolute atomic E-state index is 12.4. The Hall–Kier alpha value is -0.940. The van der Waals surface area contributed by atoms with E-state index < -0.39 is 44.2 Å². The third-order valence-electron chi connectivity index (χ3n) is 2.86. The minimum Gasteiger partial charge on any atom is -0.447 e. The number of nitrogens with one attached hydrogen (secondary N) is 1. The van der Waals surface area contributed by atoms with Crippen molar-refractivity contribution in [3.05, 3.63) is 0 Å². The number of alkyl halides is 3. The second-order valence-corrected chi connectivity index (χ2v) is 10.8. The van der Waals surface area contributed by atoms with Crippen LogP contribution in [0.3, 0.4) is 0 Å². The summed E-state index contributed by atoms with van der Waals surface area (Å²) in [6, 6.07) is -2.02. The van der Waals surface area contributed by atoms with Crippen molar-refractivity contribution < 1.29 is 28.8 Å². The zero-order valence-corrected chi connectivity index (χ0v) is 18.2. The highest BCUT2D eigenvalue weighted by atomic mass is 35.6. The lowest BCUT2D eigenvalue weighted by molar-refractivity contribution is -0.211. The van der Waals surface area contributed by atoms with Crippen molar-refractivity contribution in [2.45, 2.75) is 48.7 Å². The molecule has 0 aliphatic carbocycles. The number of urea groups is 1. The van der Waals surface area contributed by atoms with Crippen LogP contribution in [0.25, 0.3) is 0 Å². The fraction of sp³-hybridized carbons (Fsp3) is 0.714. The summed E-state index contributed by atoms with van der Waals surface area (Å²) in [5.74, 6) is -1.00. The second-order valence-electron chi connectivity index (χ2n) is 6.47. The number of hydrazine groups is 1. The van der Waals surface area contributed by atoms with E-state index in [1.807, 2.05) is 20.8 Å². The normalized spacial score (nSPS) is 16.1. The Morgan fingerprint density at radius 2 is 1.93 bits per heavy atom. The molecule has 0 aromatic carbocycles. The maximum Gasteiger partial charge on any atom is 0.418 e. The molecule has 0 aromatic heterocycles. The van der Waals surface area contributed by atoms with E-state index in [1.54, 1.807) is 0 Å². The number of amides is 3. The molecule has 1 heterocycles. The quantitative estimate of drug-likeness (QED) is 0.489. The van der Waals surface area contributed by atoms with Gasteiger partial charge in [0.25, 0.3) is 0 Å². The third-order valence-corrected chi connectivity index (χ3v) is 4.41. The van der Waals surface area contributed by atoms with Gasteiger partial charge in [0.2, 0.25) is 8.91 Å². The van der Waals surface area contributed by atoms with Gasteiger partial charge in [-0.05, 0) is 12.1 Å². The van der Waals surface area contributed by atoms with Gasteiger partial charge in [-0.25, -0.2) is 19.9 Å². The van der Waals surface area contributed by atoms with Crippen molar-refractivity contribution in [3.8, 4) is 0 Å². The predicted octanol–water partition coefficient (Wildman–Crippen LogP) is 3.03. The number of rotatable bonds is 5. The van der Waals surface area contributed by atoms with E-state index in [2.05, 4.69) is 10.2 Å². The van der Waals surface area contributed by atoms with E-state index >= 15 is 0 Å². The first-order valence-electron chi connectivity index (χ1n) is 7.74. The number of cyclic esters (lactones) is 1. The molecule has 1 aliphatic heterocycles. The zero-order valence-electron chi connectivity index (χ0n) is 15.1. The molecule has 0 radical (unpaired) electrons. The Morgan fingerprint density at radius 3 is 2.37 bits per heavy atom. The van der Waals surface area contributed by atoms with Crippen LogP contribution in [0, 0.1) is 0 Å². The van der Waals surface area contributed by atoms with Crippen LogP contribution in [0.2, 0.25) is 0 Å². The average molecular weight is 465 g/mol. The van der Waals surface area contributed by atoms with Gasteiger partial charge >= 0.3 is 18.1 Å². The molecule has 0 bridgehead atoms. The highest BCUT2D eigenvalue weighted by molar-refractivity contribution is 8.14. The number of ether oxygens (including phenoxy) is 1. The largest absolute Gasteiger partial charge is 0.447 e. The van der Waals surface area contributed by atoms with Gasteiger partial charge in [-0.3, -0.25) is 9.59 Å². The number of carbonyl (C=O) groups excluding carboxylic acids is 4. The van der Waals surface area contributed by atoms with Crippen molar-refractivity contribution in [3.63, 3.8) is 0 Å². The highest BCUT2D eigenvalue weighted by Gasteiger charge is 2.36. The molecule has 9 nitrogen and oxygen atoms in total. The monoisotopic (exact) mass is 463 g/mol. The maximum atomic E-state index is 12.4. The number of thioether (sulfide) groups is 1. The lowest BCUT2D eigenvalue weighted by Gasteiger charge is -2.29. The summed E-state index contributed by atoms with van der Waals surface area (Å²) in [7, 11) is 0. The fourth-order valence-electron chi connectivity index (χ4n) is 1.72. The molecule has 1 atom stereocenters. The third kappa shape index (κ3) is 8.73. The molecule has 154 valence electrons. The summed E-state index contributed by atoms with van der Waals surface area (Å²) in [5.41, 5.74) is 2.19. The standard InChI is InChI=1S/C14H20Cl3N3O6S/c1-8(10(22)27-13(2,3)4)20(26-9(21)7-14(15,16)17)18-11(23)19-5-6-25-12(19)24/h8H,5-7H2,1-4H3,(H,18,23)/t8-/m1/s1. The van der Waals surface area contributed by atoms with E-state index in [0.29, 0.717) is 5.17 Å². The minimum absolute atomic E-state index is 0.0136. The van der Waals surface area contributed by atoms with Gasteiger partial charge in [-0.1, -0.05) is 67.3 Å². The van der Waals surface area contributed by atoms with Gasteiger partial charge < -0.3 is 9.57 Å². The number of hydrogen-bond acceptors (Lipinski definition) is 8. The second kappa shape index (κ2) is 9.51. The van der Waals surface area contributed by atoms with Crippen LogP contribution in [0.4, 0.5) is 9.59 Å². The topological polar surface area (TPSA) is 105 Å². The summed E-state index contributed by atoms with van der Waals surface area (Å²) in [5, 5.41) is 0.238. The van der Waals surface area contributed by atoms with Gasteiger partial charge in [0.15, 0.2) is 0 Å². The predicted molar refractivity (Wildman–Crippen MR) is 101 cm³/mol. The molecule has 27 heavy (non-hydrogen) atoms. The van der Waals surface area contributed by atoms with Crippen molar-refractivity contribution >= 4 is 69.8 Å². The first-order valence-corrected chi connectivity index (χ1v) is 9.69. The van der Waals surface area contributed by atoms with Crippen LogP contribution in [0.5, 0.6) is 0 Å². The summed E-state index contributed by atoms with van der Waals surface area (Å²) >= 11 is 17.6. The Kier molecular flexibility index (Phi) is 8.49. The van der Waals surface area contributed by atoms with Crippen LogP contribution >= 0.6 is 46.6 Å². The number of nitrogens with zero attached hydrogens (tertiary/aromatic N) is 2. The van der Waals surface area contributed by atoms with Crippen molar-refractivity contribution in [1.82, 2.24) is 15.5 Å². The van der Waals surface area contributed by atoms with Gasteiger partial charge in [0.05, 0.1) is 13.0 Å². The Labute approximate surface area is 175 Å². The van der Waals surface area contributed by atoms with Crippen molar-refractivity contribution in [2.75, 3.05) is 13.2 Å². The van der Waals surface area contributed by atoms with Gasteiger partial charge in [0, 0.05) is 4.75 Å². The average Bonchev–Trinajstić information content (AvgIpc) is 2.88. The molecule has 3 amide bonds. The molecule has 1 aliphatic rings. The van der Waals surface area contributed by atoms with Gasteiger partial charge in [0.1, 0.15) is 12.6 Å². The van der Waals surface area contributed by atoms with E-state index in [-0.39, 0.29) is 13.2 Å². The van der Waals surface area contributed by atoms with E-state index in [4.69, 9.17) is 39.6 Å². The number of halogens is 3. The molecule has 0 spiro atoms. The summed E-state index contributed by atoms with van der Waals surface area (Å²) in [6.45, 7) is 6.92. The van der Waals surface area contributed by atoms with Gasteiger partial charge in [-0.15, -0.1) is 0 Å². The Bertz CT molecular complexity index is 608. The fourth-order valence-corrected chi connectivity index (χ4v) is 2.92. The lowest BCUT2D eigenvalue weighted by Crippen LogP contribution is -2.55. The molecule has 1 N–H and O–H groups in total. The molecule has 13 heteroatoms. The molecule has 1 rings (SSSR count). The Morgan fingerprint density at radius 1 is 1.33 bits per heavy atom. The minimum atomic E-state index is -1.92. The zero-order chi connectivity index (χ0) is 21.0. The lowest BCUT2D eigenvalue weighted by atomic mass is 10.3. The molecule has 1 saturated heterocycles. The Balaban J connectivity index is 2.90. The van der Waals surface area contributed by atoms with Crippen LogP contribution < -0.4 is 5.43 Å². The summed E-state index contributed by atoms with van der Waals surface area (Å²) in [6.07, 6.45) is -1.48. The molecule has 0 saturated carbocycles. The van der Waals surface area contributed by atoms with Crippen LogP contribution in [-0.2, 0) is 19.2 Å². The number of hydroxylamine groups is 1. The van der Waals surface area contributed by atoms with Crippen LogP contribution in [0.1, 0.15) is 34.1 Å². The van der Waals surface area contributed by atoms with Gasteiger partial charge in [-0.2, -0.15) is 0 Å². The molecular formula is C14H20Cl3N3O6S. The van der Waals surface area contributed by atoms with E-state index in [9.17, 15) is 19.2 Å². The SMILES string of the molecule is C[C@H](C(=O)SC(C)(C)C)N(NC(=O)N1CCOC1=O)OC(=O)CC(Cl)(Cl)Cl. The summed E-state index contributed by atoms with van der Waals surface area (Å²) < 4.78 is 2.33. The van der Waals surface area contributed by atoms with E-state index in [1.165, 1.54) is 6.92 Å². The molecule has 0 unspecified atom stereocenters. The number of imide groups is 1. The molecular weight excluding hydrogens is 445 g/mol. The molecule has 1 fully saturated rings. The van der Waals surface area contributed by atoms with Crippen LogP contribution in [-0.4, -0.2) is 61.0 Å². The first kappa shape index (κ1) is 24.1. The number of hydrogen-bond donors (Lipinski definition) is 1. The first-order chi connectivity index (χ1) is 12.2. The van der Waals surface area contributed by atoms with Crippen molar-refractivity contribution in [1.29, 1.82) is 0 Å². The van der Waals surface area contributed by atoms with Crippen LogP contribution in [0.15, 0.2) is 0 Å². The van der Waals surface area contributed by atoms with Crippen molar-refractivity contribution in [2.24, 2.45) is 0 Å². The highest BCUT2D eigenvalue weighted by Crippen LogP contribution is 2.31. The number of carbonyl (C=O) groups is 4. The van der Waals surface area contributed by atoms with E-state index in [0.717, 1.165) is 16.7 Å². The molecule has 0 aromatic rings. The summed E-state index contributed by atoms with van der Waals surface area (Å²) in [4.78, 5) is 53.8.